The van der Waals surface area contributed by atoms with Crippen LogP contribution in [0.3, 0.4) is 0 Å². The van der Waals surface area contributed by atoms with Crippen LogP contribution in [0.5, 0.6) is 0 Å². The lowest BCUT2D eigenvalue weighted by Gasteiger charge is -2.46. The van der Waals surface area contributed by atoms with Crippen LogP contribution >= 0.6 is 0 Å². The van der Waals surface area contributed by atoms with Gasteiger partial charge in [-0.3, -0.25) is 4.90 Å². The van der Waals surface area contributed by atoms with Gasteiger partial charge in [0.15, 0.2) is 0 Å². The molecular weight excluding hydrogens is 248 g/mol. The Morgan fingerprint density at radius 1 is 1.30 bits per heavy atom. The number of hydrogen-bond donors (Lipinski definition) is 2. The number of aliphatic hydroxyl groups excluding tert-OH is 1. The minimum absolute atomic E-state index is 0.0182. The van der Waals surface area contributed by atoms with Crippen molar-refractivity contribution in [3.8, 4) is 0 Å². The van der Waals surface area contributed by atoms with E-state index in [0.717, 1.165) is 31.7 Å². The van der Waals surface area contributed by atoms with Crippen molar-refractivity contribution in [1.82, 2.24) is 10.2 Å². The molecule has 0 amide bonds. The van der Waals surface area contributed by atoms with Crippen molar-refractivity contribution in [3.63, 3.8) is 0 Å². The van der Waals surface area contributed by atoms with Crippen LogP contribution in [0.4, 0.5) is 0 Å². The third kappa shape index (κ3) is 4.19. The van der Waals surface area contributed by atoms with Crippen LogP contribution in [0.2, 0.25) is 0 Å². The van der Waals surface area contributed by atoms with E-state index in [0.29, 0.717) is 18.7 Å². The molecule has 2 aliphatic rings. The summed E-state index contributed by atoms with van der Waals surface area (Å²) in [6.07, 6.45) is 8.80. The monoisotopic (exact) mass is 282 g/mol. The fraction of sp³-hybridized carbons (Fsp3) is 1.00. The zero-order valence-corrected chi connectivity index (χ0v) is 13.7. The first-order chi connectivity index (χ1) is 9.60. The number of nitrogens with one attached hydrogen (secondary N) is 1. The maximum absolute atomic E-state index is 9.92. The highest BCUT2D eigenvalue weighted by Crippen LogP contribution is 2.36. The van der Waals surface area contributed by atoms with Gasteiger partial charge in [0.1, 0.15) is 0 Å². The molecule has 118 valence electrons. The molecule has 0 heterocycles. The molecule has 0 bridgehead atoms. The molecule has 2 unspecified atom stereocenters. The van der Waals surface area contributed by atoms with Crippen molar-refractivity contribution in [2.75, 3.05) is 19.7 Å². The highest BCUT2D eigenvalue weighted by molar-refractivity contribution is 4.97. The van der Waals surface area contributed by atoms with Gasteiger partial charge < -0.3 is 10.4 Å². The molecule has 0 spiro atoms. The second-order valence-corrected chi connectivity index (χ2v) is 7.35. The molecule has 0 radical (unpaired) electrons. The number of nitrogens with zero attached hydrogens (tertiary/aromatic N) is 1. The molecule has 3 heteroatoms. The SMILES string of the molecule is CCCNC1(CO)CCCC(N(CC2CC2)C(C)C)C1. The lowest BCUT2D eigenvalue weighted by atomic mass is 9.78. The Balaban J connectivity index is 1.98. The summed E-state index contributed by atoms with van der Waals surface area (Å²) in [5.41, 5.74) is -0.0182. The van der Waals surface area contributed by atoms with E-state index in [1.54, 1.807) is 0 Å². The maximum atomic E-state index is 9.92. The molecule has 0 aromatic rings. The van der Waals surface area contributed by atoms with Crippen LogP contribution in [0.25, 0.3) is 0 Å². The quantitative estimate of drug-likeness (QED) is 0.718. The van der Waals surface area contributed by atoms with Gasteiger partial charge in [-0.2, -0.15) is 0 Å². The zero-order chi connectivity index (χ0) is 14.6. The largest absolute Gasteiger partial charge is 0.394 e. The molecule has 20 heavy (non-hydrogen) atoms. The first kappa shape index (κ1) is 16.3. The van der Waals surface area contributed by atoms with Gasteiger partial charge in [0.05, 0.1) is 6.61 Å². The van der Waals surface area contributed by atoms with E-state index >= 15 is 0 Å². The fourth-order valence-corrected chi connectivity index (χ4v) is 3.74. The van der Waals surface area contributed by atoms with Crippen LogP contribution in [0, 0.1) is 5.92 Å². The minimum Gasteiger partial charge on any atom is -0.394 e. The Morgan fingerprint density at radius 2 is 2.05 bits per heavy atom. The average Bonchev–Trinajstić information content (AvgIpc) is 3.26. The third-order valence-electron chi connectivity index (χ3n) is 5.17. The summed E-state index contributed by atoms with van der Waals surface area (Å²) in [6, 6.07) is 1.28. The average molecular weight is 282 g/mol. The molecular formula is C17H34N2O. The molecule has 2 aliphatic carbocycles. The van der Waals surface area contributed by atoms with Gasteiger partial charge in [-0.25, -0.2) is 0 Å². The molecule has 2 N–H and O–H groups in total. The molecule has 0 aromatic heterocycles. The Kier molecular flexibility index (Phi) is 5.88. The van der Waals surface area contributed by atoms with Crippen molar-refractivity contribution in [3.05, 3.63) is 0 Å². The van der Waals surface area contributed by atoms with Crippen molar-refractivity contribution >= 4 is 0 Å². The Labute approximate surface area is 125 Å². The summed E-state index contributed by atoms with van der Waals surface area (Å²) in [4.78, 5) is 2.72. The van der Waals surface area contributed by atoms with Crippen LogP contribution in [-0.4, -0.2) is 47.3 Å². The van der Waals surface area contributed by atoms with Gasteiger partial charge in [0, 0.05) is 24.2 Å². The minimum atomic E-state index is -0.0182. The van der Waals surface area contributed by atoms with E-state index in [4.69, 9.17) is 0 Å². The van der Waals surface area contributed by atoms with Crippen LogP contribution in [0.15, 0.2) is 0 Å². The molecule has 0 aromatic carbocycles. The standard InChI is InChI=1S/C17H34N2O/c1-4-10-18-17(13-20)9-5-6-16(11-17)19(14(2)3)12-15-7-8-15/h14-16,18,20H,4-13H2,1-3H3. The van der Waals surface area contributed by atoms with Crippen molar-refractivity contribution in [2.45, 2.75) is 83.3 Å². The predicted molar refractivity (Wildman–Crippen MR) is 84.9 cm³/mol. The summed E-state index contributed by atoms with van der Waals surface area (Å²) in [6.45, 7) is 9.45. The molecule has 2 rings (SSSR count). The summed E-state index contributed by atoms with van der Waals surface area (Å²) in [7, 11) is 0. The van der Waals surface area contributed by atoms with E-state index in [1.165, 1.54) is 32.2 Å². The first-order valence-electron chi connectivity index (χ1n) is 8.72. The number of rotatable bonds is 8. The lowest BCUT2D eigenvalue weighted by molar-refractivity contribution is 0.0428. The van der Waals surface area contributed by atoms with E-state index in [9.17, 15) is 5.11 Å². The highest BCUT2D eigenvalue weighted by atomic mass is 16.3. The lowest BCUT2D eigenvalue weighted by Crippen LogP contribution is -2.57. The van der Waals surface area contributed by atoms with Gasteiger partial charge in [-0.1, -0.05) is 6.92 Å². The van der Waals surface area contributed by atoms with E-state index in [2.05, 4.69) is 31.0 Å². The second-order valence-electron chi connectivity index (χ2n) is 7.35. The molecule has 0 aliphatic heterocycles. The van der Waals surface area contributed by atoms with Gasteiger partial charge in [-0.15, -0.1) is 0 Å². The predicted octanol–water partition coefficient (Wildman–Crippen LogP) is 2.78. The summed E-state index contributed by atoms with van der Waals surface area (Å²) < 4.78 is 0. The summed E-state index contributed by atoms with van der Waals surface area (Å²) in [5, 5.41) is 13.6. The number of hydrogen-bond acceptors (Lipinski definition) is 3. The summed E-state index contributed by atoms with van der Waals surface area (Å²) in [5.74, 6) is 0.950. The summed E-state index contributed by atoms with van der Waals surface area (Å²) >= 11 is 0. The maximum Gasteiger partial charge on any atom is 0.0613 e. The molecule has 0 saturated heterocycles. The Bertz CT molecular complexity index is 291. The first-order valence-corrected chi connectivity index (χ1v) is 8.72. The Morgan fingerprint density at radius 3 is 2.60 bits per heavy atom. The normalized spacial score (nSPS) is 31.2. The van der Waals surface area contributed by atoms with E-state index in [-0.39, 0.29) is 5.54 Å². The molecule has 2 atom stereocenters. The molecule has 2 fully saturated rings. The van der Waals surface area contributed by atoms with Gasteiger partial charge in [0.2, 0.25) is 0 Å². The second kappa shape index (κ2) is 7.24. The fourth-order valence-electron chi connectivity index (χ4n) is 3.74. The van der Waals surface area contributed by atoms with E-state index < -0.39 is 0 Å². The third-order valence-corrected chi connectivity index (χ3v) is 5.17. The highest BCUT2D eigenvalue weighted by Gasteiger charge is 2.39. The van der Waals surface area contributed by atoms with Crippen LogP contribution in [-0.2, 0) is 0 Å². The van der Waals surface area contributed by atoms with Crippen LogP contribution < -0.4 is 5.32 Å². The Hall–Kier alpha value is -0.120. The molecule has 3 nitrogen and oxygen atoms in total. The van der Waals surface area contributed by atoms with Gasteiger partial charge in [-0.05, 0) is 71.3 Å². The smallest absolute Gasteiger partial charge is 0.0613 e. The zero-order valence-electron chi connectivity index (χ0n) is 13.7. The topological polar surface area (TPSA) is 35.5 Å². The van der Waals surface area contributed by atoms with Crippen molar-refractivity contribution in [1.29, 1.82) is 0 Å². The number of aliphatic hydroxyl groups is 1. The molecule has 2 saturated carbocycles. The van der Waals surface area contributed by atoms with Crippen LogP contribution in [0.1, 0.15) is 65.7 Å². The van der Waals surface area contributed by atoms with E-state index in [1.807, 2.05) is 0 Å². The van der Waals surface area contributed by atoms with Gasteiger partial charge in [0.25, 0.3) is 0 Å². The van der Waals surface area contributed by atoms with Gasteiger partial charge >= 0.3 is 0 Å². The van der Waals surface area contributed by atoms with Crippen molar-refractivity contribution in [2.24, 2.45) is 5.92 Å². The van der Waals surface area contributed by atoms with Crippen molar-refractivity contribution < 1.29 is 5.11 Å².